The van der Waals surface area contributed by atoms with Crippen LogP contribution >= 0.6 is 0 Å². The van der Waals surface area contributed by atoms with Gasteiger partial charge in [-0.25, -0.2) is 0 Å². The van der Waals surface area contributed by atoms with Gasteiger partial charge >= 0.3 is 0 Å². The molecular formula is C18H37N3O. The molecule has 130 valence electrons. The molecule has 1 aliphatic rings. The van der Waals surface area contributed by atoms with E-state index in [1.54, 1.807) is 0 Å². The standard InChI is InChI=1S/C18H37N3O/c1-15(2)7-10-21-11-8-16(9-12-21)17(22)19-13-18(3,4)14-20(5)6/h15-16H,7-14H2,1-6H3,(H,19,22). The van der Waals surface area contributed by atoms with E-state index < -0.39 is 0 Å². The first-order chi connectivity index (χ1) is 10.2. The Labute approximate surface area is 137 Å². The van der Waals surface area contributed by atoms with E-state index in [-0.39, 0.29) is 17.2 Å². The third-order valence-corrected chi connectivity index (χ3v) is 4.47. The Kier molecular flexibility index (Phi) is 7.84. The van der Waals surface area contributed by atoms with E-state index in [0.717, 1.165) is 44.9 Å². The van der Waals surface area contributed by atoms with Crippen LogP contribution in [0.15, 0.2) is 0 Å². The summed E-state index contributed by atoms with van der Waals surface area (Å²) in [5.41, 5.74) is 0.122. The molecule has 0 spiro atoms. The Morgan fingerprint density at radius 3 is 2.36 bits per heavy atom. The first kappa shape index (κ1) is 19.4. The van der Waals surface area contributed by atoms with Crippen molar-refractivity contribution in [2.24, 2.45) is 17.3 Å². The number of carbonyl (C=O) groups excluding carboxylic acids is 1. The van der Waals surface area contributed by atoms with Crippen molar-refractivity contribution in [2.45, 2.75) is 47.0 Å². The summed E-state index contributed by atoms with van der Waals surface area (Å²) in [6, 6.07) is 0. The molecule has 0 saturated carbocycles. The van der Waals surface area contributed by atoms with Crippen LogP contribution in [-0.2, 0) is 4.79 Å². The van der Waals surface area contributed by atoms with E-state index >= 15 is 0 Å². The first-order valence-electron chi connectivity index (χ1n) is 8.84. The molecule has 22 heavy (non-hydrogen) atoms. The summed E-state index contributed by atoms with van der Waals surface area (Å²) in [5.74, 6) is 1.24. The highest BCUT2D eigenvalue weighted by atomic mass is 16.1. The lowest BCUT2D eigenvalue weighted by atomic mass is 9.91. The van der Waals surface area contributed by atoms with E-state index in [0.29, 0.717) is 0 Å². The van der Waals surface area contributed by atoms with Crippen LogP contribution in [0.25, 0.3) is 0 Å². The predicted molar refractivity (Wildman–Crippen MR) is 94.0 cm³/mol. The van der Waals surface area contributed by atoms with Gasteiger partial charge in [-0.2, -0.15) is 0 Å². The third-order valence-electron chi connectivity index (χ3n) is 4.47. The van der Waals surface area contributed by atoms with Crippen LogP contribution in [0.1, 0.15) is 47.0 Å². The van der Waals surface area contributed by atoms with Gasteiger partial charge in [-0.3, -0.25) is 4.79 Å². The molecule has 4 heteroatoms. The van der Waals surface area contributed by atoms with Crippen molar-refractivity contribution in [2.75, 3.05) is 46.8 Å². The molecule has 1 rings (SSSR count). The lowest BCUT2D eigenvalue weighted by Crippen LogP contribution is -2.45. The van der Waals surface area contributed by atoms with Crippen LogP contribution in [0.2, 0.25) is 0 Å². The van der Waals surface area contributed by atoms with Gasteiger partial charge in [-0.05, 0) is 64.3 Å². The van der Waals surface area contributed by atoms with E-state index in [4.69, 9.17) is 0 Å². The number of nitrogens with zero attached hydrogens (tertiary/aromatic N) is 2. The average Bonchev–Trinajstić information content (AvgIpc) is 2.42. The largest absolute Gasteiger partial charge is 0.355 e. The fourth-order valence-corrected chi connectivity index (χ4v) is 3.24. The molecule has 1 saturated heterocycles. The Balaban J connectivity index is 2.28. The van der Waals surface area contributed by atoms with E-state index in [1.807, 2.05) is 0 Å². The average molecular weight is 312 g/mol. The van der Waals surface area contributed by atoms with Crippen molar-refractivity contribution >= 4 is 5.91 Å². The normalized spacial score (nSPS) is 18.2. The number of nitrogens with one attached hydrogen (secondary N) is 1. The number of rotatable bonds is 8. The van der Waals surface area contributed by atoms with Crippen LogP contribution in [0.3, 0.4) is 0 Å². The van der Waals surface area contributed by atoms with Gasteiger partial charge in [0.25, 0.3) is 0 Å². The molecule has 1 aliphatic heterocycles. The zero-order valence-corrected chi connectivity index (χ0v) is 15.6. The molecule has 1 N–H and O–H groups in total. The molecule has 0 radical (unpaired) electrons. The molecule has 1 amide bonds. The van der Waals surface area contributed by atoms with Crippen molar-refractivity contribution in [3.63, 3.8) is 0 Å². The predicted octanol–water partition coefficient (Wildman–Crippen LogP) is 2.45. The van der Waals surface area contributed by atoms with E-state index in [1.165, 1.54) is 13.0 Å². The van der Waals surface area contributed by atoms with E-state index in [9.17, 15) is 4.79 Å². The topological polar surface area (TPSA) is 35.6 Å². The lowest BCUT2D eigenvalue weighted by Gasteiger charge is -2.33. The highest BCUT2D eigenvalue weighted by Gasteiger charge is 2.26. The van der Waals surface area contributed by atoms with Gasteiger partial charge in [0.05, 0.1) is 0 Å². The minimum atomic E-state index is 0.122. The fourth-order valence-electron chi connectivity index (χ4n) is 3.24. The van der Waals surface area contributed by atoms with Crippen LogP contribution in [0.5, 0.6) is 0 Å². The van der Waals surface area contributed by atoms with Gasteiger partial charge in [-0.15, -0.1) is 0 Å². The van der Waals surface area contributed by atoms with Crippen molar-refractivity contribution in [3.05, 3.63) is 0 Å². The third kappa shape index (κ3) is 7.59. The Bertz CT molecular complexity index is 331. The summed E-state index contributed by atoms with van der Waals surface area (Å²) in [7, 11) is 4.16. The summed E-state index contributed by atoms with van der Waals surface area (Å²) in [6.07, 6.45) is 3.28. The summed E-state index contributed by atoms with van der Waals surface area (Å²) in [6.45, 7) is 14.0. The second-order valence-corrected chi connectivity index (χ2v) is 8.42. The van der Waals surface area contributed by atoms with Crippen LogP contribution < -0.4 is 5.32 Å². The van der Waals surface area contributed by atoms with Gasteiger partial charge in [0, 0.05) is 19.0 Å². The highest BCUT2D eigenvalue weighted by Crippen LogP contribution is 2.19. The second kappa shape index (κ2) is 8.88. The molecule has 0 aromatic rings. The molecule has 0 aromatic heterocycles. The van der Waals surface area contributed by atoms with Crippen LogP contribution in [0.4, 0.5) is 0 Å². The van der Waals surface area contributed by atoms with Gasteiger partial charge in [-0.1, -0.05) is 27.7 Å². The van der Waals surface area contributed by atoms with Crippen molar-refractivity contribution in [1.82, 2.24) is 15.1 Å². The summed E-state index contributed by atoms with van der Waals surface area (Å²) >= 11 is 0. The molecule has 0 aromatic carbocycles. The quantitative estimate of drug-likeness (QED) is 0.748. The van der Waals surface area contributed by atoms with Gasteiger partial charge in [0.15, 0.2) is 0 Å². The minimum Gasteiger partial charge on any atom is -0.355 e. The summed E-state index contributed by atoms with van der Waals surface area (Å²) in [5, 5.41) is 3.18. The number of likely N-dealkylation sites (tertiary alicyclic amines) is 1. The Morgan fingerprint density at radius 1 is 1.27 bits per heavy atom. The van der Waals surface area contributed by atoms with Gasteiger partial charge < -0.3 is 15.1 Å². The summed E-state index contributed by atoms with van der Waals surface area (Å²) in [4.78, 5) is 17.1. The van der Waals surface area contributed by atoms with E-state index in [2.05, 4.69) is 56.9 Å². The highest BCUT2D eigenvalue weighted by molar-refractivity contribution is 5.78. The lowest BCUT2D eigenvalue weighted by molar-refractivity contribution is -0.126. The fraction of sp³-hybridized carbons (Fsp3) is 0.944. The van der Waals surface area contributed by atoms with Crippen LogP contribution in [0, 0.1) is 17.3 Å². The molecule has 0 aliphatic carbocycles. The van der Waals surface area contributed by atoms with Gasteiger partial charge in [0.2, 0.25) is 5.91 Å². The minimum absolute atomic E-state index is 0.122. The number of hydrogen-bond acceptors (Lipinski definition) is 3. The van der Waals surface area contributed by atoms with Crippen molar-refractivity contribution in [3.8, 4) is 0 Å². The zero-order chi connectivity index (χ0) is 16.8. The molecule has 1 fully saturated rings. The number of piperidine rings is 1. The molecule has 0 bridgehead atoms. The maximum Gasteiger partial charge on any atom is 0.223 e. The van der Waals surface area contributed by atoms with Crippen molar-refractivity contribution in [1.29, 1.82) is 0 Å². The zero-order valence-electron chi connectivity index (χ0n) is 15.6. The smallest absolute Gasteiger partial charge is 0.223 e. The molecule has 1 heterocycles. The Morgan fingerprint density at radius 2 is 1.86 bits per heavy atom. The van der Waals surface area contributed by atoms with Crippen LogP contribution in [-0.4, -0.2) is 62.5 Å². The summed E-state index contributed by atoms with van der Waals surface area (Å²) < 4.78 is 0. The number of hydrogen-bond donors (Lipinski definition) is 1. The maximum atomic E-state index is 12.4. The molecule has 4 nitrogen and oxygen atoms in total. The van der Waals surface area contributed by atoms with Gasteiger partial charge in [0.1, 0.15) is 0 Å². The molecule has 0 atom stereocenters. The Hall–Kier alpha value is -0.610. The molecule has 0 unspecified atom stereocenters. The second-order valence-electron chi connectivity index (χ2n) is 8.42. The maximum absolute atomic E-state index is 12.4. The SMILES string of the molecule is CC(C)CCN1CCC(C(=O)NCC(C)(C)CN(C)C)CC1. The monoisotopic (exact) mass is 311 g/mol. The van der Waals surface area contributed by atoms with Crippen molar-refractivity contribution < 1.29 is 4.79 Å². The first-order valence-corrected chi connectivity index (χ1v) is 8.84. The number of carbonyl (C=O) groups is 1. The number of amides is 1. The molecular weight excluding hydrogens is 274 g/mol.